The van der Waals surface area contributed by atoms with Crippen molar-refractivity contribution in [2.24, 2.45) is 11.8 Å². The monoisotopic (exact) mass is 308 g/mol. The molecule has 2 aliphatic rings. The zero-order chi connectivity index (χ0) is 15.6. The molecule has 0 amide bonds. The molecule has 3 nitrogen and oxygen atoms in total. The summed E-state index contributed by atoms with van der Waals surface area (Å²) >= 11 is 0. The summed E-state index contributed by atoms with van der Waals surface area (Å²) in [5, 5.41) is 12.7. The summed E-state index contributed by atoms with van der Waals surface area (Å²) in [6.07, 6.45) is -0.801. The molecule has 1 saturated heterocycles. The molecule has 2 fully saturated rings. The summed E-state index contributed by atoms with van der Waals surface area (Å²) in [4.78, 5) is 2.22. The first kappa shape index (κ1) is 17.0. The third-order valence-corrected chi connectivity index (χ3v) is 4.63. The second-order valence-electron chi connectivity index (χ2n) is 6.98. The van der Waals surface area contributed by atoms with Crippen molar-refractivity contribution in [3.8, 4) is 0 Å². The SMILES string of the molecule is CC(C)N1CC(CC(O)C2CC2)CC(NCC(F)(F)F)C1. The summed E-state index contributed by atoms with van der Waals surface area (Å²) in [6.45, 7) is 4.75. The highest BCUT2D eigenvalue weighted by Gasteiger charge is 2.36. The second-order valence-corrected chi connectivity index (χ2v) is 6.98. The lowest BCUT2D eigenvalue weighted by molar-refractivity contribution is -0.127. The first-order valence-electron chi connectivity index (χ1n) is 7.97. The summed E-state index contributed by atoms with van der Waals surface area (Å²) in [5.41, 5.74) is 0. The molecular weight excluding hydrogens is 281 g/mol. The lowest BCUT2D eigenvalue weighted by Crippen LogP contribution is -2.53. The molecule has 0 radical (unpaired) electrons. The van der Waals surface area contributed by atoms with Crippen molar-refractivity contribution in [3.63, 3.8) is 0 Å². The van der Waals surface area contributed by atoms with Crippen LogP contribution in [0.25, 0.3) is 0 Å². The van der Waals surface area contributed by atoms with Gasteiger partial charge in [0.05, 0.1) is 12.6 Å². The number of nitrogens with zero attached hydrogens (tertiary/aromatic N) is 1. The molecular formula is C15H27F3N2O. The fourth-order valence-corrected chi connectivity index (χ4v) is 3.26. The molecule has 0 spiro atoms. The molecule has 1 saturated carbocycles. The summed E-state index contributed by atoms with van der Waals surface area (Å²) in [6, 6.07) is 0.181. The van der Waals surface area contributed by atoms with E-state index in [4.69, 9.17) is 0 Å². The minimum atomic E-state index is -4.16. The highest BCUT2D eigenvalue weighted by atomic mass is 19.4. The van der Waals surface area contributed by atoms with E-state index in [0.29, 0.717) is 18.5 Å². The van der Waals surface area contributed by atoms with E-state index in [-0.39, 0.29) is 18.1 Å². The second kappa shape index (κ2) is 6.84. The highest BCUT2D eigenvalue weighted by Crippen LogP contribution is 2.36. The minimum Gasteiger partial charge on any atom is -0.393 e. The number of aliphatic hydroxyl groups excluding tert-OH is 1. The normalized spacial score (nSPS) is 29.9. The summed E-state index contributed by atoms with van der Waals surface area (Å²) < 4.78 is 37.1. The Balaban J connectivity index is 1.87. The Kier molecular flexibility index (Phi) is 5.54. The largest absolute Gasteiger partial charge is 0.401 e. The Morgan fingerprint density at radius 3 is 2.43 bits per heavy atom. The molecule has 0 aromatic rings. The standard InChI is InChI=1S/C15H27F3N2O/c1-10(2)20-7-11(6-14(21)12-3-4-12)5-13(8-20)19-9-15(16,17)18/h10-14,19,21H,3-9H2,1-2H3. The molecule has 0 aromatic carbocycles. The maximum Gasteiger partial charge on any atom is 0.401 e. The zero-order valence-corrected chi connectivity index (χ0v) is 12.9. The van der Waals surface area contributed by atoms with Gasteiger partial charge >= 0.3 is 6.18 Å². The van der Waals surface area contributed by atoms with Gasteiger partial charge in [-0.05, 0) is 51.4 Å². The molecule has 3 atom stereocenters. The van der Waals surface area contributed by atoms with Crippen LogP contribution in [0.4, 0.5) is 13.2 Å². The van der Waals surface area contributed by atoms with Crippen LogP contribution in [0.1, 0.15) is 39.5 Å². The number of hydrogen-bond acceptors (Lipinski definition) is 3. The Labute approximate surface area is 124 Å². The average molecular weight is 308 g/mol. The summed E-state index contributed by atoms with van der Waals surface area (Å²) in [7, 11) is 0. The van der Waals surface area contributed by atoms with Crippen LogP contribution in [0, 0.1) is 11.8 Å². The van der Waals surface area contributed by atoms with Gasteiger partial charge in [-0.2, -0.15) is 13.2 Å². The number of piperidine rings is 1. The molecule has 1 aliphatic carbocycles. The van der Waals surface area contributed by atoms with Gasteiger partial charge in [-0.1, -0.05) is 0 Å². The smallest absolute Gasteiger partial charge is 0.393 e. The molecule has 1 heterocycles. The van der Waals surface area contributed by atoms with Crippen LogP contribution in [0.5, 0.6) is 0 Å². The predicted molar refractivity (Wildman–Crippen MR) is 76.0 cm³/mol. The topological polar surface area (TPSA) is 35.5 Å². The molecule has 6 heteroatoms. The van der Waals surface area contributed by atoms with Crippen LogP contribution in [0.2, 0.25) is 0 Å². The maximum absolute atomic E-state index is 12.4. The quantitative estimate of drug-likeness (QED) is 0.791. The fourth-order valence-electron chi connectivity index (χ4n) is 3.26. The zero-order valence-electron chi connectivity index (χ0n) is 12.9. The van der Waals surface area contributed by atoms with Gasteiger partial charge < -0.3 is 10.4 Å². The first-order chi connectivity index (χ1) is 9.74. The number of nitrogens with one attached hydrogen (secondary N) is 1. The van der Waals surface area contributed by atoms with Gasteiger partial charge in [0, 0.05) is 25.2 Å². The van der Waals surface area contributed by atoms with E-state index in [0.717, 1.165) is 32.2 Å². The van der Waals surface area contributed by atoms with Gasteiger partial charge in [0.15, 0.2) is 0 Å². The van der Waals surface area contributed by atoms with Gasteiger partial charge in [0.1, 0.15) is 0 Å². The van der Waals surface area contributed by atoms with Crippen LogP contribution in [-0.4, -0.2) is 54.0 Å². The minimum absolute atomic E-state index is 0.140. The van der Waals surface area contributed by atoms with Gasteiger partial charge in [-0.3, -0.25) is 4.90 Å². The number of aliphatic hydroxyl groups is 1. The van der Waals surface area contributed by atoms with Gasteiger partial charge in [-0.25, -0.2) is 0 Å². The number of rotatable bonds is 6. The van der Waals surface area contributed by atoms with Crippen molar-refractivity contribution in [3.05, 3.63) is 0 Å². The van der Waals surface area contributed by atoms with Crippen molar-refractivity contribution in [2.75, 3.05) is 19.6 Å². The molecule has 2 N–H and O–H groups in total. The average Bonchev–Trinajstić information content (AvgIpc) is 3.19. The molecule has 0 aromatic heterocycles. The fraction of sp³-hybridized carbons (Fsp3) is 1.00. The van der Waals surface area contributed by atoms with Gasteiger partial charge in [0.25, 0.3) is 0 Å². The number of halogens is 3. The predicted octanol–water partition coefficient (Wildman–Crippen LogP) is 2.40. The highest BCUT2D eigenvalue weighted by molar-refractivity contribution is 4.89. The summed E-state index contributed by atoms with van der Waals surface area (Å²) in [5.74, 6) is 0.712. The first-order valence-corrected chi connectivity index (χ1v) is 7.97. The number of hydrogen-bond donors (Lipinski definition) is 2. The third-order valence-electron chi connectivity index (χ3n) is 4.63. The van der Waals surface area contributed by atoms with E-state index in [1.54, 1.807) is 0 Å². The van der Waals surface area contributed by atoms with E-state index in [1.165, 1.54) is 0 Å². The van der Waals surface area contributed by atoms with E-state index >= 15 is 0 Å². The Hall–Kier alpha value is -0.330. The Morgan fingerprint density at radius 1 is 1.24 bits per heavy atom. The Bertz CT molecular complexity index is 329. The number of likely N-dealkylation sites (tertiary alicyclic amines) is 1. The lowest BCUT2D eigenvalue weighted by atomic mass is 9.87. The van der Waals surface area contributed by atoms with Crippen molar-refractivity contribution in [2.45, 2.75) is 63.9 Å². The van der Waals surface area contributed by atoms with E-state index in [9.17, 15) is 18.3 Å². The van der Waals surface area contributed by atoms with Crippen molar-refractivity contribution >= 4 is 0 Å². The Morgan fingerprint density at radius 2 is 1.90 bits per heavy atom. The number of alkyl halides is 3. The van der Waals surface area contributed by atoms with Crippen molar-refractivity contribution in [1.29, 1.82) is 0 Å². The van der Waals surface area contributed by atoms with Crippen molar-refractivity contribution < 1.29 is 18.3 Å². The van der Waals surface area contributed by atoms with Crippen LogP contribution in [-0.2, 0) is 0 Å². The van der Waals surface area contributed by atoms with Gasteiger partial charge in [-0.15, -0.1) is 0 Å². The molecule has 0 bridgehead atoms. The van der Waals surface area contributed by atoms with Crippen LogP contribution in [0.3, 0.4) is 0 Å². The van der Waals surface area contributed by atoms with E-state index in [2.05, 4.69) is 24.1 Å². The van der Waals surface area contributed by atoms with Gasteiger partial charge in [0.2, 0.25) is 0 Å². The van der Waals surface area contributed by atoms with E-state index < -0.39 is 12.7 Å². The molecule has 2 rings (SSSR count). The molecule has 124 valence electrons. The van der Waals surface area contributed by atoms with Crippen LogP contribution >= 0.6 is 0 Å². The third kappa shape index (κ3) is 5.75. The molecule has 3 unspecified atom stereocenters. The lowest BCUT2D eigenvalue weighted by Gasteiger charge is -2.41. The van der Waals surface area contributed by atoms with Crippen molar-refractivity contribution in [1.82, 2.24) is 10.2 Å². The van der Waals surface area contributed by atoms with Crippen LogP contribution in [0.15, 0.2) is 0 Å². The molecule has 1 aliphatic heterocycles. The maximum atomic E-state index is 12.4. The van der Waals surface area contributed by atoms with E-state index in [1.807, 2.05) is 0 Å². The molecule has 21 heavy (non-hydrogen) atoms. The van der Waals surface area contributed by atoms with Crippen LogP contribution < -0.4 is 5.32 Å².